The lowest BCUT2D eigenvalue weighted by Crippen LogP contribution is -2.43. The van der Waals surface area contributed by atoms with Crippen molar-refractivity contribution in [2.24, 2.45) is 0 Å². The van der Waals surface area contributed by atoms with E-state index in [4.69, 9.17) is 11.6 Å². The van der Waals surface area contributed by atoms with E-state index in [1.807, 2.05) is 25.1 Å². The third kappa shape index (κ3) is 3.60. The average Bonchev–Trinajstić information content (AvgIpc) is 3.06. The van der Waals surface area contributed by atoms with Gasteiger partial charge in [-0.3, -0.25) is 9.59 Å². The number of anilines is 1. The molecule has 2 amide bonds. The highest BCUT2D eigenvalue weighted by Gasteiger charge is 2.34. The van der Waals surface area contributed by atoms with Crippen LogP contribution in [0.1, 0.15) is 28.8 Å². The summed E-state index contributed by atoms with van der Waals surface area (Å²) in [6.45, 7) is 2.55. The fourth-order valence-corrected chi connectivity index (χ4v) is 3.11. The van der Waals surface area contributed by atoms with Crippen LogP contribution in [-0.4, -0.2) is 29.3 Å². The number of amides is 2. The van der Waals surface area contributed by atoms with Crippen molar-refractivity contribution < 1.29 is 9.59 Å². The Balaban J connectivity index is 1.73. The number of carbonyl (C=O) groups is 2. The topological polar surface area (TPSA) is 49.4 Å². The molecule has 2 aromatic carbocycles. The molecule has 24 heavy (non-hydrogen) atoms. The van der Waals surface area contributed by atoms with Crippen molar-refractivity contribution in [1.82, 2.24) is 4.90 Å². The molecule has 3 rings (SSSR count). The summed E-state index contributed by atoms with van der Waals surface area (Å²) in [7, 11) is 0. The van der Waals surface area contributed by atoms with Gasteiger partial charge in [0, 0.05) is 22.8 Å². The summed E-state index contributed by atoms with van der Waals surface area (Å²) in [6, 6.07) is 14.0. The van der Waals surface area contributed by atoms with Gasteiger partial charge in [-0.25, -0.2) is 0 Å². The standard InChI is InChI=1S/C19H19ClN2O2/c1-13-4-2-5-14(12-13)19(24)22-11-3-6-17(22)18(23)21-16-9-7-15(20)8-10-16/h2,4-5,7-10,12,17H,3,6,11H2,1H3,(H,21,23)/t17-/m1/s1. The molecular weight excluding hydrogens is 324 g/mol. The minimum absolute atomic E-state index is 0.0903. The SMILES string of the molecule is Cc1cccc(C(=O)N2CCC[C@@H]2C(=O)Nc2ccc(Cl)cc2)c1. The molecule has 1 saturated heterocycles. The number of halogens is 1. The highest BCUT2D eigenvalue weighted by atomic mass is 35.5. The second-order valence-electron chi connectivity index (χ2n) is 6.02. The van der Waals surface area contributed by atoms with Gasteiger partial charge < -0.3 is 10.2 Å². The Bertz CT molecular complexity index is 758. The van der Waals surface area contributed by atoms with Crippen molar-refractivity contribution in [3.63, 3.8) is 0 Å². The fourth-order valence-electron chi connectivity index (χ4n) is 2.99. The summed E-state index contributed by atoms with van der Waals surface area (Å²) >= 11 is 5.86. The lowest BCUT2D eigenvalue weighted by atomic mass is 10.1. The van der Waals surface area contributed by atoms with E-state index in [2.05, 4.69) is 5.32 Å². The van der Waals surface area contributed by atoms with E-state index in [9.17, 15) is 9.59 Å². The van der Waals surface area contributed by atoms with Gasteiger partial charge in [0.2, 0.25) is 5.91 Å². The highest BCUT2D eigenvalue weighted by Crippen LogP contribution is 2.22. The Kier molecular flexibility index (Phi) is 4.86. The molecule has 0 aromatic heterocycles. The molecule has 0 unspecified atom stereocenters. The van der Waals surface area contributed by atoms with Crippen molar-refractivity contribution in [1.29, 1.82) is 0 Å². The predicted molar refractivity (Wildman–Crippen MR) is 95.3 cm³/mol. The van der Waals surface area contributed by atoms with Crippen LogP contribution in [0.4, 0.5) is 5.69 Å². The number of hydrogen-bond donors (Lipinski definition) is 1. The molecule has 0 saturated carbocycles. The number of hydrogen-bond acceptors (Lipinski definition) is 2. The zero-order valence-electron chi connectivity index (χ0n) is 13.5. The number of rotatable bonds is 3. The van der Waals surface area contributed by atoms with Gasteiger partial charge in [-0.05, 0) is 56.2 Å². The number of nitrogens with one attached hydrogen (secondary N) is 1. The molecule has 0 spiro atoms. The molecule has 1 heterocycles. The Morgan fingerprint density at radius 1 is 1.17 bits per heavy atom. The largest absolute Gasteiger partial charge is 0.327 e. The second-order valence-corrected chi connectivity index (χ2v) is 6.46. The van der Waals surface area contributed by atoms with E-state index in [-0.39, 0.29) is 11.8 Å². The molecule has 1 N–H and O–H groups in total. The predicted octanol–water partition coefficient (Wildman–Crippen LogP) is 3.89. The van der Waals surface area contributed by atoms with Crippen LogP contribution in [0.25, 0.3) is 0 Å². The first-order valence-corrected chi connectivity index (χ1v) is 8.36. The first kappa shape index (κ1) is 16.5. The fraction of sp³-hybridized carbons (Fsp3) is 0.263. The van der Waals surface area contributed by atoms with Crippen LogP contribution in [0.15, 0.2) is 48.5 Å². The molecule has 1 aliphatic rings. The van der Waals surface area contributed by atoms with Gasteiger partial charge in [0.15, 0.2) is 0 Å². The maximum atomic E-state index is 12.7. The van der Waals surface area contributed by atoms with Gasteiger partial charge >= 0.3 is 0 Å². The smallest absolute Gasteiger partial charge is 0.254 e. The molecule has 1 atom stereocenters. The quantitative estimate of drug-likeness (QED) is 0.919. The van der Waals surface area contributed by atoms with E-state index < -0.39 is 6.04 Å². The molecule has 1 fully saturated rings. The Labute approximate surface area is 146 Å². The van der Waals surface area contributed by atoms with E-state index in [1.54, 1.807) is 35.2 Å². The molecule has 0 aliphatic carbocycles. The summed E-state index contributed by atoms with van der Waals surface area (Å²) in [4.78, 5) is 27.0. The maximum absolute atomic E-state index is 12.7. The van der Waals surface area contributed by atoms with Gasteiger partial charge in [-0.1, -0.05) is 29.3 Å². The Morgan fingerprint density at radius 3 is 2.62 bits per heavy atom. The number of carbonyl (C=O) groups excluding carboxylic acids is 2. The summed E-state index contributed by atoms with van der Waals surface area (Å²) in [6.07, 6.45) is 1.51. The molecule has 5 heteroatoms. The molecule has 1 aliphatic heterocycles. The number of likely N-dealkylation sites (tertiary alicyclic amines) is 1. The van der Waals surface area contributed by atoms with Crippen LogP contribution in [-0.2, 0) is 4.79 Å². The van der Waals surface area contributed by atoms with Gasteiger partial charge in [-0.15, -0.1) is 0 Å². The van der Waals surface area contributed by atoms with E-state index >= 15 is 0 Å². The zero-order chi connectivity index (χ0) is 17.1. The molecule has 0 bridgehead atoms. The normalized spacial score (nSPS) is 16.9. The molecular formula is C19H19ClN2O2. The van der Waals surface area contributed by atoms with Crippen molar-refractivity contribution in [3.8, 4) is 0 Å². The molecule has 4 nitrogen and oxygen atoms in total. The monoisotopic (exact) mass is 342 g/mol. The van der Waals surface area contributed by atoms with Crippen LogP contribution in [0, 0.1) is 6.92 Å². The van der Waals surface area contributed by atoms with E-state index in [0.717, 1.165) is 12.0 Å². The summed E-state index contributed by atoms with van der Waals surface area (Å²) < 4.78 is 0. The molecule has 124 valence electrons. The van der Waals surface area contributed by atoms with Crippen LogP contribution in [0.2, 0.25) is 5.02 Å². The Morgan fingerprint density at radius 2 is 1.92 bits per heavy atom. The third-order valence-corrected chi connectivity index (χ3v) is 4.45. The first-order valence-electron chi connectivity index (χ1n) is 7.98. The zero-order valence-corrected chi connectivity index (χ0v) is 14.2. The summed E-state index contributed by atoms with van der Waals surface area (Å²) in [5.74, 6) is -0.247. The summed E-state index contributed by atoms with van der Waals surface area (Å²) in [5.41, 5.74) is 2.34. The average molecular weight is 343 g/mol. The van der Waals surface area contributed by atoms with Crippen LogP contribution < -0.4 is 5.32 Å². The second kappa shape index (κ2) is 7.05. The van der Waals surface area contributed by atoms with Crippen molar-refractivity contribution in [2.75, 3.05) is 11.9 Å². The minimum Gasteiger partial charge on any atom is -0.327 e. The van der Waals surface area contributed by atoms with Crippen molar-refractivity contribution in [3.05, 3.63) is 64.7 Å². The van der Waals surface area contributed by atoms with Crippen molar-refractivity contribution >= 4 is 29.1 Å². The minimum atomic E-state index is -0.436. The Hall–Kier alpha value is -2.33. The number of benzene rings is 2. The van der Waals surface area contributed by atoms with Crippen LogP contribution in [0.5, 0.6) is 0 Å². The first-order chi connectivity index (χ1) is 11.5. The van der Waals surface area contributed by atoms with Crippen LogP contribution in [0.3, 0.4) is 0 Å². The van der Waals surface area contributed by atoms with Gasteiger partial charge in [0.1, 0.15) is 6.04 Å². The van der Waals surface area contributed by atoms with E-state index in [0.29, 0.717) is 29.2 Å². The maximum Gasteiger partial charge on any atom is 0.254 e. The summed E-state index contributed by atoms with van der Waals surface area (Å²) in [5, 5.41) is 3.48. The van der Waals surface area contributed by atoms with Gasteiger partial charge in [0.05, 0.1) is 0 Å². The molecule has 2 aromatic rings. The highest BCUT2D eigenvalue weighted by molar-refractivity contribution is 6.30. The lowest BCUT2D eigenvalue weighted by molar-refractivity contribution is -0.119. The van der Waals surface area contributed by atoms with Crippen molar-refractivity contribution in [2.45, 2.75) is 25.8 Å². The van der Waals surface area contributed by atoms with E-state index in [1.165, 1.54) is 0 Å². The lowest BCUT2D eigenvalue weighted by Gasteiger charge is -2.24. The molecule has 0 radical (unpaired) electrons. The number of nitrogens with zero attached hydrogens (tertiary/aromatic N) is 1. The van der Waals surface area contributed by atoms with Crippen LogP contribution >= 0.6 is 11.6 Å². The van der Waals surface area contributed by atoms with Gasteiger partial charge in [-0.2, -0.15) is 0 Å². The van der Waals surface area contributed by atoms with Gasteiger partial charge in [0.25, 0.3) is 5.91 Å². The number of aryl methyl sites for hydroxylation is 1. The third-order valence-electron chi connectivity index (χ3n) is 4.19.